The maximum Gasteiger partial charge on any atom is 0.437 e. The van der Waals surface area contributed by atoms with E-state index in [0.29, 0.717) is 6.54 Å². The number of carbonyl (C=O) groups is 1. The molecule has 1 N–H and O–H groups in total. The van der Waals surface area contributed by atoms with Crippen molar-refractivity contribution >= 4 is 17.2 Å². The summed E-state index contributed by atoms with van der Waals surface area (Å²) in [6.45, 7) is 2.66. The first-order valence-corrected chi connectivity index (χ1v) is 7.97. The number of nitrogens with zero attached hydrogens (tertiary/aromatic N) is 2. The summed E-state index contributed by atoms with van der Waals surface area (Å²) in [6, 6.07) is 3.66. The first-order valence-electron chi connectivity index (χ1n) is 7.09. The third-order valence-corrected chi connectivity index (χ3v) is 3.84. The normalized spacial score (nSPS) is 10.7. The van der Waals surface area contributed by atoms with Gasteiger partial charge in [0.05, 0.1) is 4.88 Å². The summed E-state index contributed by atoms with van der Waals surface area (Å²) >= 11 is 1.43. The highest BCUT2D eigenvalue weighted by Gasteiger charge is 2.13. The molecular weight excluding hydrogens is 290 g/mol. The van der Waals surface area contributed by atoms with Crippen molar-refractivity contribution in [1.29, 1.82) is 0 Å². The van der Waals surface area contributed by atoms with E-state index in [2.05, 4.69) is 17.3 Å². The molecule has 6 nitrogen and oxygen atoms in total. The Hall–Kier alpha value is -1.89. The predicted molar refractivity (Wildman–Crippen MR) is 81.2 cm³/mol. The summed E-state index contributed by atoms with van der Waals surface area (Å²) in [6.07, 6.45) is 4.38. The Morgan fingerprint density at radius 1 is 1.43 bits per heavy atom. The minimum Gasteiger partial charge on any atom is -0.387 e. The molecular formula is C14H19N3O3S. The minimum atomic E-state index is -0.612. The molecule has 114 valence electrons. The average Bonchev–Trinajstić information content (AvgIpc) is 3.09. The maximum atomic E-state index is 11.7. The van der Waals surface area contributed by atoms with E-state index < -0.39 is 5.76 Å². The van der Waals surface area contributed by atoms with Crippen molar-refractivity contribution in [3.05, 3.63) is 28.1 Å². The van der Waals surface area contributed by atoms with E-state index in [9.17, 15) is 9.59 Å². The summed E-state index contributed by atoms with van der Waals surface area (Å²) < 4.78 is 6.10. The van der Waals surface area contributed by atoms with E-state index >= 15 is 0 Å². The van der Waals surface area contributed by atoms with Gasteiger partial charge in [-0.15, -0.1) is 16.4 Å². The molecule has 2 heterocycles. The quantitative estimate of drug-likeness (QED) is 0.759. The van der Waals surface area contributed by atoms with Gasteiger partial charge < -0.3 is 9.73 Å². The third-order valence-electron chi connectivity index (χ3n) is 2.98. The van der Waals surface area contributed by atoms with Crippen LogP contribution in [0.2, 0.25) is 0 Å². The molecule has 0 atom stereocenters. The lowest BCUT2D eigenvalue weighted by Gasteiger charge is -2.03. The van der Waals surface area contributed by atoms with Crippen LogP contribution in [0.3, 0.4) is 0 Å². The van der Waals surface area contributed by atoms with Crippen molar-refractivity contribution < 1.29 is 9.21 Å². The molecule has 0 unspecified atom stereocenters. The van der Waals surface area contributed by atoms with Crippen LogP contribution in [0.5, 0.6) is 0 Å². The molecule has 0 aliphatic heterocycles. The Kier molecular flexibility index (Phi) is 5.74. The van der Waals surface area contributed by atoms with Gasteiger partial charge in [0, 0.05) is 6.54 Å². The van der Waals surface area contributed by atoms with Crippen LogP contribution >= 0.6 is 11.3 Å². The summed E-state index contributed by atoms with van der Waals surface area (Å²) in [5.74, 6) is -0.579. The van der Waals surface area contributed by atoms with Crippen LogP contribution in [0, 0.1) is 0 Å². The van der Waals surface area contributed by atoms with Crippen molar-refractivity contribution in [2.75, 3.05) is 6.54 Å². The number of amides is 1. The molecule has 2 rings (SSSR count). The first-order chi connectivity index (χ1) is 10.2. The lowest BCUT2D eigenvalue weighted by atomic mass is 10.2. The first kappa shape index (κ1) is 15.5. The molecule has 21 heavy (non-hydrogen) atoms. The van der Waals surface area contributed by atoms with Crippen molar-refractivity contribution in [3.8, 4) is 10.8 Å². The van der Waals surface area contributed by atoms with Crippen molar-refractivity contribution in [2.24, 2.45) is 0 Å². The van der Waals surface area contributed by atoms with E-state index in [0.717, 1.165) is 28.8 Å². The van der Waals surface area contributed by atoms with Gasteiger partial charge in [-0.3, -0.25) is 4.79 Å². The number of carbonyl (C=O) groups excluding carboxylic acids is 1. The number of rotatable bonds is 8. The van der Waals surface area contributed by atoms with Crippen LogP contribution in [0.4, 0.5) is 0 Å². The van der Waals surface area contributed by atoms with Gasteiger partial charge in [-0.05, 0) is 17.9 Å². The molecule has 0 bridgehead atoms. The van der Waals surface area contributed by atoms with Gasteiger partial charge in [0.2, 0.25) is 5.91 Å². The fourth-order valence-electron chi connectivity index (χ4n) is 1.88. The summed E-state index contributed by atoms with van der Waals surface area (Å²) in [5.41, 5.74) is 0. The molecule has 0 spiro atoms. The minimum absolute atomic E-state index is 0.110. The smallest absolute Gasteiger partial charge is 0.387 e. The number of aromatic nitrogens is 2. The Labute approximate surface area is 126 Å². The summed E-state index contributed by atoms with van der Waals surface area (Å²) in [4.78, 5) is 24.2. The fourth-order valence-corrected chi connectivity index (χ4v) is 2.52. The van der Waals surface area contributed by atoms with Gasteiger partial charge in [-0.2, -0.15) is 4.68 Å². The molecule has 0 aromatic carbocycles. The van der Waals surface area contributed by atoms with Crippen LogP contribution in [-0.4, -0.2) is 22.2 Å². The molecule has 0 saturated carbocycles. The SMILES string of the molecule is CCCCCCNC(=O)Cn1nc(-c2cccs2)oc1=O. The van der Waals surface area contributed by atoms with Gasteiger partial charge in [0.25, 0.3) is 5.89 Å². The van der Waals surface area contributed by atoms with E-state index in [1.807, 2.05) is 17.5 Å². The molecule has 0 radical (unpaired) electrons. The molecule has 2 aromatic rings. The van der Waals surface area contributed by atoms with Crippen LogP contribution in [0.25, 0.3) is 10.8 Å². The number of thiophene rings is 1. The molecule has 0 fully saturated rings. The second-order valence-electron chi connectivity index (χ2n) is 4.72. The van der Waals surface area contributed by atoms with Crippen LogP contribution < -0.4 is 11.1 Å². The van der Waals surface area contributed by atoms with E-state index in [4.69, 9.17) is 4.42 Å². The number of nitrogens with one attached hydrogen (secondary N) is 1. The van der Waals surface area contributed by atoms with Crippen LogP contribution in [0.15, 0.2) is 26.7 Å². The standard InChI is InChI=1S/C14H19N3O3S/c1-2-3-4-5-8-15-12(18)10-17-14(19)20-13(16-17)11-7-6-9-21-11/h6-7,9H,2-5,8,10H2,1H3,(H,15,18). The zero-order valence-electron chi connectivity index (χ0n) is 12.0. The molecule has 0 saturated heterocycles. The fraction of sp³-hybridized carbons (Fsp3) is 0.500. The predicted octanol–water partition coefficient (Wildman–Crippen LogP) is 2.26. The number of hydrogen-bond donors (Lipinski definition) is 1. The van der Waals surface area contributed by atoms with Crippen molar-refractivity contribution in [3.63, 3.8) is 0 Å². The highest BCUT2D eigenvalue weighted by molar-refractivity contribution is 7.13. The zero-order chi connectivity index (χ0) is 15.1. The third kappa shape index (κ3) is 4.56. The van der Waals surface area contributed by atoms with E-state index in [-0.39, 0.29) is 18.3 Å². The molecule has 0 aliphatic rings. The molecule has 0 aliphatic carbocycles. The second kappa shape index (κ2) is 7.78. The lowest BCUT2D eigenvalue weighted by molar-refractivity contribution is -0.121. The lowest BCUT2D eigenvalue weighted by Crippen LogP contribution is -2.32. The highest BCUT2D eigenvalue weighted by atomic mass is 32.1. The van der Waals surface area contributed by atoms with Crippen LogP contribution in [0.1, 0.15) is 32.6 Å². The number of hydrogen-bond acceptors (Lipinski definition) is 5. The van der Waals surface area contributed by atoms with Crippen LogP contribution in [-0.2, 0) is 11.3 Å². The Morgan fingerprint density at radius 2 is 2.29 bits per heavy atom. The molecule has 2 aromatic heterocycles. The summed E-state index contributed by atoms with van der Waals surface area (Å²) in [5, 5.41) is 8.69. The zero-order valence-corrected chi connectivity index (χ0v) is 12.8. The van der Waals surface area contributed by atoms with Gasteiger partial charge in [-0.25, -0.2) is 4.79 Å². The molecule has 1 amide bonds. The van der Waals surface area contributed by atoms with Gasteiger partial charge in [0.15, 0.2) is 0 Å². The molecule has 7 heteroatoms. The summed E-state index contributed by atoms with van der Waals surface area (Å²) in [7, 11) is 0. The van der Waals surface area contributed by atoms with Crippen molar-refractivity contribution in [1.82, 2.24) is 15.1 Å². The highest BCUT2D eigenvalue weighted by Crippen LogP contribution is 2.20. The van der Waals surface area contributed by atoms with Gasteiger partial charge in [0.1, 0.15) is 6.54 Å². The maximum absolute atomic E-state index is 11.7. The van der Waals surface area contributed by atoms with E-state index in [1.165, 1.54) is 17.8 Å². The Morgan fingerprint density at radius 3 is 3.00 bits per heavy atom. The van der Waals surface area contributed by atoms with Crippen molar-refractivity contribution in [2.45, 2.75) is 39.2 Å². The second-order valence-corrected chi connectivity index (χ2v) is 5.67. The largest absolute Gasteiger partial charge is 0.437 e. The average molecular weight is 309 g/mol. The van der Waals surface area contributed by atoms with Gasteiger partial charge in [-0.1, -0.05) is 32.3 Å². The number of unbranched alkanes of at least 4 members (excludes halogenated alkanes) is 3. The Balaban J connectivity index is 1.85. The monoisotopic (exact) mass is 309 g/mol. The van der Waals surface area contributed by atoms with Gasteiger partial charge >= 0.3 is 5.76 Å². The van der Waals surface area contributed by atoms with E-state index in [1.54, 1.807) is 0 Å². The Bertz CT molecular complexity index is 616. The topological polar surface area (TPSA) is 77.1 Å².